The Bertz CT molecular complexity index is 5870. The molecule has 5 heterocycles. The molecule has 7 aromatic rings. The SMILES string of the molecule is COC(=O)[C@@H]1C[C@@H](N=[N+]=[N-])CN1S(=O)(=O)c1ccc(C)cc1.COC(=O)[C@@H]1C[C@H](OS(=O)(=O)c2ccc(C)cc2)CN1S(=O)(=O)c1ccc(C)cc1.Cc1ccc(S(=O)(=O)N2C[C@H](N)C[C@H]2C(=O)N[C@H](C)Cc2ccc(OC(=O)N(C)C)cc2)cc1.Cc1ccc(S(=O)(=O)N2C[C@H](N=[N+]=[N-])C[C@H]2C(=O)N[C@H](C)Cc2ccc(OC(=O)N(C)C)cc2)cc1.O=C(O)[C@@H]1C[C@H](O)CN1. The van der Waals surface area contributed by atoms with Crippen molar-refractivity contribution in [3.8, 4) is 11.5 Å². The first-order valence-corrected chi connectivity index (χ1v) is 48.3. The van der Waals surface area contributed by atoms with Gasteiger partial charge in [0.05, 0.1) is 63.0 Å². The first-order valence-electron chi connectivity index (χ1n) is 41.2. The molecule has 0 bridgehead atoms. The van der Waals surface area contributed by atoms with Crippen molar-refractivity contribution in [2.24, 2.45) is 16.0 Å². The van der Waals surface area contributed by atoms with Crippen molar-refractivity contribution in [3.63, 3.8) is 0 Å². The number of carbonyl (C=O) groups is 7. The van der Waals surface area contributed by atoms with Gasteiger partial charge in [0.2, 0.25) is 51.9 Å². The molecule has 0 radical (unpaired) electrons. The normalized spacial score (nSPS) is 20.9. The maximum absolute atomic E-state index is 13.3. The highest BCUT2D eigenvalue weighted by Crippen LogP contribution is 2.35. The summed E-state index contributed by atoms with van der Waals surface area (Å²) in [6, 6.07) is 38.7. The molecule has 5 fully saturated rings. The van der Waals surface area contributed by atoms with Crippen LogP contribution >= 0.6 is 0 Å². The summed E-state index contributed by atoms with van der Waals surface area (Å²) in [4.78, 5) is 92.2. The van der Waals surface area contributed by atoms with Crippen molar-refractivity contribution in [2.75, 3.05) is 75.1 Å². The summed E-state index contributed by atoms with van der Waals surface area (Å²) in [6.45, 7) is 13.0. The van der Waals surface area contributed by atoms with Crippen LogP contribution in [0, 0.1) is 34.6 Å². The Kier molecular flexibility index (Phi) is 37.2. The monoisotopic (exact) mass is 1910 g/mol. The molecule has 0 unspecified atom stereocenters. The first-order chi connectivity index (χ1) is 61.6. The van der Waals surface area contributed by atoms with E-state index in [1.807, 2.05) is 60.6 Å². The number of aryl methyl sites for hydroxylation is 5. The second kappa shape index (κ2) is 46.5. The van der Waals surface area contributed by atoms with Crippen LogP contribution in [0.1, 0.15) is 84.9 Å². The summed E-state index contributed by atoms with van der Waals surface area (Å²) in [6.07, 6.45) is -0.791. The predicted molar refractivity (Wildman–Crippen MR) is 480 cm³/mol. The van der Waals surface area contributed by atoms with Crippen molar-refractivity contribution < 1.29 is 109 Å². The molecular weight excluding hydrogens is 1800 g/mol. The van der Waals surface area contributed by atoms with E-state index in [4.69, 9.17) is 45.4 Å². The number of amides is 4. The zero-order valence-corrected chi connectivity index (χ0v) is 78.5. The van der Waals surface area contributed by atoms with Crippen LogP contribution < -0.4 is 31.2 Å². The summed E-state index contributed by atoms with van der Waals surface area (Å²) in [7, 11) is -11.1. The van der Waals surface area contributed by atoms with Crippen LogP contribution in [-0.2, 0) is 101 Å². The predicted octanol–water partition coefficient (Wildman–Crippen LogP) is 7.56. The lowest BCUT2D eigenvalue weighted by molar-refractivity contribution is -0.145. The second-order valence-corrected chi connectivity index (χ2v) is 41.4. The van der Waals surface area contributed by atoms with Crippen LogP contribution in [0.4, 0.5) is 9.59 Å². The molecule has 45 heteroatoms. The number of hydrogen-bond acceptors (Lipinski definition) is 27. The van der Waals surface area contributed by atoms with Crippen LogP contribution in [0.5, 0.6) is 11.5 Å². The number of ether oxygens (including phenoxy) is 4. The van der Waals surface area contributed by atoms with Crippen molar-refractivity contribution in [1.29, 1.82) is 0 Å². The van der Waals surface area contributed by atoms with E-state index in [1.54, 1.807) is 137 Å². The number of aliphatic hydroxyl groups is 1. The molecule has 0 aromatic heterocycles. The Morgan fingerprint density at radius 1 is 0.466 bits per heavy atom. The fourth-order valence-electron chi connectivity index (χ4n) is 14.3. The Morgan fingerprint density at radius 2 is 0.779 bits per heavy atom. The summed E-state index contributed by atoms with van der Waals surface area (Å²) in [5.41, 5.74) is 29.8. The summed E-state index contributed by atoms with van der Waals surface area (Å²) in [5, 5.41) is 32.8. The Hall–Kier alpha value is -11.5. The van der Waals surface area contributed by atoms with Crippen LogP contribution in [0.25, 0.3) is 20.9 Å². The fourth-order valence-corrected chi connectivity index (χ4v) is 21.9. The van der Waals surface area contributed by atoms with E-state index in [9.17, 15) is 75.7 Å². The number of rotatable bonds is 26. The van der Waals surface area contributed by atoms with Crippen molar-refractivity contribution >= 4 is 92.1 Å². The molecule has 5 saturated heterocycles. The molecule has 12 atom stereocenters. The maximum Gasteiger partial charge on any atom is 0.414 e. The Morgan fingerprint density at radius 3 is 1.09 bits per heavy atom. The number of nitrogens with zero attached hydrogens (tertiary/aromatic N) is 12. The molecule has 0 aliphatic carbocycles. The van der Waals surface area contributed by atoms with Gasteiger partial charge < -0.3 is 60.6 Å². The molecule has 4 amide bonds. The lowest BCUT2D eigenvalue weighted by atomic mass is 10.1. The number of azide groups is 2. The highest BCUT2D eigenvalue weighted by Gasteiger charge is 2.49. The number of carboxylic acid groups (broad SMARTS) is 1. The third-order valence-corrected chi connectivity index (χ3v) is 30.2. The minimum atomic E-state index is -4.13. The van der Waals surface area contributed by atoms with Crippen molar-refractivity contribution in [2.45, 2.75) is 191 Å². The van der Waals surface area contributed by atoms with Gasteiger partial charge in [-0.25, -0.2) is 43.3 Å². The Labute approximate surface area is 762 Å². The second-order valence-electron chi connectivity index (χ2n) is 32.3. The molecule has 12 rings (SSSR count). The number of nitrogens with two attached hydrogens (primary N) is 1. The van der Waals surface area contributed by atoms with Gasteiger partial charge in [0, 0.05) is 102 Å². The van der Waals surface area contributed by atoms with E-state index in [1.165, 1.54) is 69.7 Å². The van der Waals surface area contributed by atoms with E-state index < -0.39 is 147 Å². The smallest absolute Gasteiger partial charge is 0.414 e. The highest BCUT2D eigenvalue weighted by molar-refractivity contribution is 7.90. The van der Waals surface area contributed by atoms with E-state index in [0.717, 1.165) is 59.0 Å². The average Bonchev–Trinajstić information content (AvgIpc) is 1.36. The summed E-state index contributed by atoms with van der Waals surface area (Å²) in [5.74, 6) is -2.31. The maximum atomic E-state index is 13.3. The molecule has 40 nitrogen and oxygen atoms in total. The molecule has 7 N–H and O–H groups in total. The van der Waals surface area contributed by atoms with Gasteiger partial charge in [-0.05, 0) is 188 Å². The number of esters is 2. The summed E-state index contributed by atoms with van der Waals surface area (Å²) >= 11 is 0. The van der Waals surface area contributed by atoms with Gasteiger partial charge in [-0.15, -0.1) is 0 Å². The number of benzene rings is 7. The number of aliphatic hydroxyl groups excluding tert-OH is 1. The van der Waals surface area contributed by atoms with Crippen molar-refractivity contribution in [3.05, 3.63) is 230 Å². The molecule has 5 aliphatic heterocycles. The van der Waals surface area contributed by atoms with Gasteiger partial charge >= 0.3 is 30.1 Å². The van der Waals surface area contributed by atoms with Crippen LogP contribution in [0.3, 0.4) is 0 Å². The number of sulfonamides is 4. The molecule has 5 aliphatic rings. The summed E-state index contributed by atoms with van der Waals surface area (Å²) < 4.78 is 159. The van der Waals surface area contributed by atoms with Crippen LogP contribution in [-0.4, -0.2) is 269 Å². The topological polar surface area (TPSA) is 556 Å². The van der Waals surface area contributed by atoms with E-state index >= 15 is 0 Å². The molecule has 708 valence electrons. The van der Waals surface area contributed by atoms with Gasteiger partial charge in [0.1, 0.15) is 41.7 Å². The number of nitrogens with one attached hydrogen (secondary N) is 3. The van der Waals surface area contributed by atoms with E-state index in [-0.39, 0.29) is 94.3 Å². The van der Waals surface area contributed by atoms with Gasteiger partial charge in [-0.2, -0.15) is 25.6 Å². The van der Waals surface area contributed by atoms with E-state index in [0.29, 0.717) is 37.3 Å². The minimum Gasteiger partial charge on any atom is -0.480 e. The lowest BCUT2D eigenvalue weighted by Gasteiger charge is -2.25. The molecule has 7 aromatic carbocycles. The quantitative estimate of drug-likeness (QED) is 0.0100. The Balaban J connectivity index is 0.000000210. The largest absolute Gasteiger partial charge is 0.480 e. The van der Waals surface area contributed by atoms with Crippen LogP contribution in [0.2, 0.25) is 0 Å². The zero-order valence-electron chi connectivity index (χ0n) is 74.4. The number of carbonyl (C=O) groups excluding carboxylic acids is 6. The third kappa shape index (κ3) is 28.7. The highest BCUT2D eigenvalue weighted by atomic mass is 32.2. The van der Waals surface area contributed by atoms with Gasteiger partial charge in [0.15, 0.2) is 0 Å². The number of β-amino-alcohol motifs (C(OH)–C–C–N with tert-alkyl or cyclic N) is 1. The average molecular weight is 1910 g/mol. The lowest BCUT2D eigenvalue weighted by Crippen LogP contribution is -2.48. The molecule has 0 saturated carbocycles. The zero-order chi connectivity index (χ0) is 96.8. The minimum absolute atomic E-state index is 0.00375. The number of carboxylic acids is 1. The van der Waals surface area contributed by atoms with Gasteiger partial charge in [-0.3, -0.25) is 28.2 Å². The standard InChI is InChI=1S/C24H30N6O5S.C24H32N4O5S.C20H23NO7S2.C13H16N4O4S.C5H9NO3/c1-16-5-11-21(12-6-16)36(33,34)30-15-19(27-28-25)14-22(30)23(31)26-17(2)13-18-7-9-20(10-8-18)35-24(32)29(3)4;1-16-5-11-21(12-6-16)34(31,32)28-15-19(25)14-22(28)23(29)26-17(2)13-18-7-9-20(10-8-18)33-24(30)27(3)4;1-14-4-8-17(9-5-14)29(23,24)21-13-16(12-19(21)20(22)27-3)28-30(25,26)18-10-6-15(2)7-11-18;1-9-3-5-11(6-4-9)22(19,20)17-8-10(15-16-14)7-12(17)13(18)21-2;7-3-1-4(5(8)9)6-2-3/h5-12,17,19,22H,13-15H2,1-4H3,(H,26,31);5-12,17,19,22H,13-15,25H2,1-4H3,(H,26,29);4-11,16,19H,12-13H2,1-3H3;3-6,10,12H,7-8H2,1-2H3;3-4,6-7H,1-2H2,(H,8,9)/t2*17-,19-,22+;16-,19-;10-,12+;3-,4-/m11010/s1. The van der Waals surface area contributed by atoms with E-state index in [2.05, 4.69) is 40.7 Å². The van der Waals surface area contributed by atoms with Gasteiger partial charge in [0.25, 0.3) is 10.1 Å². The fraction of sp³-hybridized carbons (Fsp3) is 0.430. The third-order valence-electron chi connectivity index (χ3n) is 21.3. The van der Waals surface area contributed by atoms with Gasteiger partial charge in [-0.1, -0.05) is 123 Å². The number of methoxy groups -OCH3 is 2. The number of aliphatic carboxylic acids is 1. The molecular formula is C86H110N16O24S5. The molecule has 0 spiro atoms. The van der Waals surface area contributed by atoms with Crippen molar-refractivity contribution in [1.82, 2.24) is 43.0 Å². The van der Waals surface area contributed by atoms with Crippen LogP contribution in [0.15, 0.2) is 205 Å². The first kappa shape index (κ1) is 105. The molecule has 131 heavy (non-hydrogen) atoms. The number of hydrogen-bond donors (Lipinski definition) is 6.